The van der Waals surface area contributed by atoms with Crippen molar-refractivity contribution in [3.63, 3.8) is 0 Å². The number of pyridine rings is 2. The first-order valence-electron chi connectivity index (χ1n) is 5.23. The third-order valence-electron chi connectivity index (χ3n) is 2.41. The second-order valence-electron chi connectivity index (χ2n) is 3.64. The lowest BCUT2D eigenvalue weighted by atomic mass is 10.1. The van der Waals surface area contributed by atoms with Crippen LogP contribution >= 0.6 is 11.6 Å². The second kappa shape index (κ2) is 5.42. The molecule has 0 radical (unpaired) electrons. The van der Waals surface area contributed by atoms with Crippen LogP contribution in [0.4, 0.5) is 0 Å². The van der Waals surface area contributed by atoms with E-state index in [-0.39, 0.29) is 0 Å². The summed E-state index contributed by atoms with van der Waals surface area (Å²) in [5.74, 6) is 0. The maximum Gasteiger partial charge on any atom is 0.129 e. The van der Waals surface area contributed by atoms with Crippen LogP contribution in [0, 0.1) is 11.3 Å². The summed E-state index contributed by atoms with van der Waals surface area (Å²) in [6, 6.07) is 9.50. The van der Waals surface area contributed by atoms with E-state index < -0.39 is 0 Å². The van der Waals surface area contributed by atoms with Gasteiger partial charge in [0.15, 0.2) is 0 Å². The summed E-state index contributed by atoms with van der Waals surface area (Å²) >= 11 is 5.80. The van der Waals surface area contributed by atoms with Crippen molar-refractivity contribution in [2.45, 2.75) is 12.8 Å². The van der Waals surface area contributed by atoms with Gasteiger partial charge in [-0.1, -0.05) is 11.6 Å². The van der Waals surface area contributed by atoms with Gasteiger partial charge in [-0.2, -0.15) is 5.26 Å². The van der Waals surface area contributed by atoms with Crippen molar-refractivity contribution >= 4 is 11.6 Å². The number of rotatable bonds is 3. The van der Waals surface area contributed by atoms with Gasteiger partial charge in [-0.15, -0.1) is 0 Å². The number of nitrogens with zero attached hydrogens (tertiary/aromatic N) is 3. The van der Waals surface area contributed by atoms with E-state index in [1.165, 1.54) is 0 Å². The molecule has 0 saturated heterocycles. The molecular formula is C13H10ClN3. The van der Waals surface area contributed by atoms with Crippen molar-refractivity contribution in [3.05, 3.63) is 58.6 Å². The van der Waals surface area contributed by atoms with E-state index in [4.69, 9.17) is 16.9 Å². The third-order valence-corrected chi connectivity index (χ3v) is 2.62. The molecule has 3 nitrogen and oxygen atoms in total. The summed E-state index contributed by atoms with van der Waals surface area (Å²) < 4.78 is 0. The molecule has 17 heavy (non-hydrogen) atoms. The quantitative estimate of drug-likeness (QED) is 0.779. The van der Waals surface area contributed by atoms with Crippen LogP contribution in [0.1, 0.15) is 16.8 Å². The lowest BCUT2D eigenvalue weighted by Crippen LogP contribution is -1.95. The number of nitriles is 1. The minimum absolute atomic E-state index is 0.510. The standard InChI is InChI=1S/C13H10ClN3/c14-13-7-10(5-6-16-13)1-3-12-4-2-11(8-15)9-17-12/h2,4-7,9H,1,3H2. The average molecular weight is 244 g/mol. The molecule has 0 saturated carbocycles. The molecule has 84 valence electrons. The first-order chi connectivity index (χ1) is 8.28. The van der Waals surface area contributed by atoms with E-state index in [1.54, 1.807) is 18.5 Å². The highest BCUT2D eigenvalue weighted by atomic mass is 35.5. The van der Waals surface area contributed by atoms with Crippen molar-refractivity contribution in [2.75, 3.05) is 0 Å². The van der Waals surface area contributed by atoms with Crippen LogP contribution < -0.4 is 0 Å². The minimum Gasteiger partial charge on any atom is -0.260 e. The smallest absolute Gasteiger partial charge is 0.129 e. The van der Waals surface area contributed by atoms with Gasteiger partial charge in [-0.25, -0.2) is 4.98 Å². The molecule has 0 fully saturated rings. The monoisotopic (exact) mass is 243 g/mol. The van der Waals surface area contributed by atoms with Gasteiger partial charge in [0.05, 0.1) is 5.56 Å². The van der Waals surface area contributed by atoms with Gasteiger partial charge in [-0.05, 0) is 42.7 Å². The van der Waals surface area contributed by atoms with E-state index in [0.29, 0.717) is 10.7 Å². The first kappa shape index (κ1) is 11.6. The zero-order valence-electron chi connectivity index (χ0n) is 9.10. The summed E-state index contributed by atoms with van der Waals surface area (Å²) in [5.41, 5.74) is 2.69. The molecule has 0 atom stereocenters. The molecule has 0 aliphatic heterocycles. The highest BCUT2D eigenvalue weighted by molar-refractivity contribution is 6.29. The van der Waals surface area contributed by atoms with Crippen molar-refractivity contribution in [1.82, 2.24) is 9.97 Å². The summed E-state index contributed by atoms with van der Waals surface area (Å²) in [6.45, 7) is 0. The fourth-order valence-corrected chi connectivity index (χ4v) is 1.71. The van der Waals surface area contributed by atoms with Crippen molar-refractivity contribution in [2.24, 2.45) is 0 Å². The molecule has 0 aliphatic carbocycles. The van der Waals surface area contributed by atoms with Gasteiger partial charge >= 0.3 is 0 Å². The van der Waals surface area contributed by atoms with Crippen LogP contribution in [-0.2, 0) is 12.8 Å². The second-order valence-corrected chi connectivity index (χ2v) is 4.02. The summed E-state index contributed by atoms with van der Waals surface area (Å²) in [5, 5.41) is 9.16. The van der Waals surface area contributed by atoms with Crippen molar-refractivity contribution in [1.29, 1.82) is 5.26 Å². The Balaban J connectivity index is 2.00. The molecule has 0 aromatic carbocycles. The maximum absolute atomic E-state index is 8.66. The van der Waals surface area contributed by atoms with Gasteiger partial charge < -0.3 is 0 Å². The van der Waals surface area contributed by atoms with E-state index in [2.05, 4.69) is 9.97 Å². The molecule has 2 aromatic heterocycles. The van der Waals surface area contributed by atoms with E-state index >= 15 is 0 Å². The van der Waals surface area contributed by atoms with E-state index in [1.807, 2.05) is 24.3 Å². The van der Waals surface area contributed by atoms with Crippen LogP contribution in [0.15, 0.2) is 36.7 Å². The van der Waals surface area contributed by atoms with Gasteiger partial charge in [0.1, 0.15) is 11.2 Å². The number of hydrogen-bond donors (Lipinski definition) is 0. The zero-order chi connectivity index (χ0) is 12.1. The predicted octanol–water partition coefficient (Wildman–Crippen LogP) is 2.79. The Labute approximate surface area is 105 Å². The molecule has 2 aromatic rings. The van der Waals surface area contributed by atoms with Gasteiger partial charge in [0.25, 0.3) is 0 Å². The highest BCUT2D eigenvalue weighted by Gasteiger charge is 1.99. The summed E-state index contributed by atoms with van der Waals surface area (Å²) in [7, 11) is 0. The number of hydrogen-bond acceptors (Lipinski definition) is 3. The fourth-order valence-electron chi connectivity index (χ4n) is 1.51. The van der Waals surface area contributed by atoms with Gasteiger partial charge in [0, 0.05) is 18.1 Å². The van der Waals surface area contributed by atoms with Crippen LogP contribution in [0.2, 0.25) is 5.15 Å². The molecule has 2 rings (SSSR count). The number of aromatic nitrogens is 2. The number of halogens is 1. The summed E-state index contributed by atoms with van der Waals surface area (Å²) in [6.07, 6.45) is 4.98. The Morgan fingerprint density at radius 1 is 1.18 bits per heavy atom. The maximum atomic E-state index is 8.66. The largest absolute Gasteiger partial charge is 0.260 e. The first-order valence-corrected chi connectivity index (χ1v) is 5.61. The van der Waals surface area contributed by atoms with E-state index in [0.717, 1.165) is 24.1 Å². The Bertz CT molecular complexity index is 543. The Morgan fingerprint density at radius 3 is 2.71 bits per heavy atom. The van der Waals surface area contributed by atoms with Crippen LogP contribution in [0.3, 0.4) is 0 Å². The molecule has 4 heteroatoms. The summed E-state index contributed by atoms with van der Waals surface area (Å²) in [4.78, 5) is 8.15. The van der Waals surface area contributed by atoms with Crippen LogP contribution in [-0.4, -0.2) is 9.97 Å². The Morgan fingerprint density at radius 2 is 2.06 bits per heavy atom. The Kier molecular flexibility index (Phi) is 3.69. The molecule has 0 unspecified atom stereocenters. The molecule has 0 aliphatic rings. The van der Waals surface area contributed by atoms with Crippen molar-refractivity contribution < 1.29 is 0 Å². The third kappa shape index (κ3) is 3.27. The molecule has 0 bridgehead atoms. The van der Waals surface area contributed by atoms with Crippen LogP contribution in [0.5, 0.6) is 0 Å². The SMILES string of the molecule is N#Cc1ccc(CCc2ccnc(Cl)c2)nc1. The van der Waals surface area contributed by atoms with Crippen LogP contribution in [0.25, 0.3) is 0 Å². The highest BCUT2D eigenvalue weighted by Crippen LogP contribution is 2.10. The topological polar surface area (TPSA) is 49.6 Å². The molecule has 0 amide bonds. The lowest BCUT2D eigenvalue weighted by molar-refractivity contribution is 0.910. The zero-order valence-corrected chi connectivity index (χ0v) is 9.85. The normalized spacial score (nSPS) is 9.88. The number of aryl methyl sites for hydroxylation is 2. The fraction of sp³-hybridized carbons (Fsp3) is 0.154. The van der Waals surface area contributed by atoms with Gasteiger partial charge in [-0.3, -0.25) is 4.98 Å². The Hall–Kier alpha value is -1.92. The van der Waals surface area contributed by atoms with E-state index in [9.17, 15) is 0 Å². The molecule has 0 spiro atoms. The molecule has 0 N–H and O–H groups in total. The van der Waals surface area contributed by atoms with Gasteiger partial charge in [0.2, 0.25) is 0 Å². The molecule has 2 heterocycles. The average Bonchev–Trinajstić information content (AvgIpc) is 2.37. The molecular weight excluding hydrogens is 234 g/mol. The predicted molar refractivity (Wildman–Crippen MR) is 65.6 cm³/mol. The van der Waals surface area contributed by atoms with Crippen molar-refractivity contribution in [3.8, 4) is 6.07 Å². The minimum atomic E-state index is 0.510. The lowest BCUT2D eigenvalue weighted by Gasteiger charge is -2.01.